The number of nitrogens with one attached hydrogen (secondary N) is 1. The van der Waals surface area contributed by atoms with E-state index in [2.05, 4.69) is 22.3 Å². The molecule has 0 radical (unpaired) electrons. The number of carbonyl (C=O) groups is 2. The van der Waals surface area contributed by atoms with E-state index in [-0.39, 0.29) is 11.8 Å². The number of ether oxygens (including phenoxy) is 1. The lowest BCUT2D eigenvalue weighted by Gasteiger charge is -2.36. The van der Waals surface area contributed by atoms with Gasteiger partial charge in [-0.05, 0) is 35.4 Å². The first-order valence-corrected chi connectivity index (χ1v) is 11.2. The SMILES string of the molecule is COc1ccc(C(=O)N[C@@H](C(=O)N2CCN(Cc3ccccc3)CC2)c2ccccc2)cc1. The largest absolute Gasteiger partial charge is 0.497 e. The first-order valence-electron chi connectivity index (χ1n) is 11.2. The van der Waals surface area contributed by atoms with Gasteiger partial charge in [0, 0.05) is 38.3 Å². The van der Waals surface area contributed by atoms with E-state index in [1.807, 2.05) is 53.4 Å². The van der Waals surface area contributed by atoms with Crippen LogP contribution >= 0.6 is 0 Å². The Balaban J connectivity index is 1.43. The third-order valence-corrected chi connectivity index (χ3v) is 5.94. The zero-order valence-corrected chi connectivity index (χ0v) is 18.8. The lowest BCUT2D eigenvalue weighted by Crippen LogP contribution is -2.51. The van der Waals surface area contributed by atoms with E-state index in [1.54, 1.807) is 31.4 Å². The van der Waals surface area contributed by atoms with Crippen molar-refractivity contribution in [1.29, 1.82) is 0 Å². The summed E-state index contributed by atoms with van der Waals surface area (Å²) < 4.78 is 5.17. The maximum Gasteiger partial charge on any atom is 0.252 e. The number of amides is 2. The van der Waals surface area contributed by atoms with Gasteiger partial charge in [-0.1, -0.05) is 60.7 Å². The number of carbonyl (C=O) groups excluding carboxylic acids is 2. The van der Waals surface area contributed by atoms with Crippen LogP contribution in [0.5, 0.6) is 5.75 Å². The van der Waals surface area contributed by atoms with E-state index in [0.29, 0.717) is 24.4 Å². The molecule has 1 N–H and O–H groups in total. The summed E-state index contributed by atoms with van der Waals surface area (Å²) >= 11 is 0. The Hall–Kier alpha value is -3.64. The molecule has 0 bridgehead atoms. The highest BCUT2D eigenvalue weighted by atomic mass is 16.5. The molecule has 1 aliphatic rings. The van der Waals surface area contributed by atoms with Crippen LogP contribution in [-0.2, 0) is 11.3 Å². The van der Waals surface area contributed by atoms with Crippen molar-refractivity contribution in [2.24, 2.45) is 0 Å². The molecule has 1 atom stereocenters. The maximum atomic E-state index is 13.5. The Morgan fingerprint density at radius 3 is 2.06 bits per heavy atom. The third kappa shape index (κ3) is 5.79. The Kier molecular flexibility index (Phi) is 7.37. The van der Waals surface area contributed by atoms with Crippen molar-refractivity contribution >= 4 is 11.8 Å². The fourth-order valence-corrected chi connectivity index (χ4v) is 4.04. The molecular formula is C27H29N3O3. The molecule has 0 unspecified atom stereocenters. The third-order valence-electron chi connectivity index (χ3n) is 5.94. The molecule has 1 heterocycles. The normalized spacial score (nSPS) is 15.0. The van der Waals surface area contributed by atoms with Gasteiger partial charge < -0.3 is 15.0 Å². The van der Waals surface area contributed by atoms with Gasteiger partial charge >= 0.3 is 0 Å². The predicted octanol–water partition coefficient (Wildman–Crippen LogP) is 3.51. The standard InChI is InChI=1S/C27H29N3O3/c1-33-24-14-12-23(13-15-24)26(31)28-25(22-10-6-3-7-11-22)27(32)30-18-16-29(17-19-30)20-21-8-4-2-5-9-21/h2-15,25H,16-20H2,1H3,(H,28,31)/t25-/m1/s1. The van der Waals surface area contributed by atoms with E-state index < -0.39 is 6.04 Å². The summed E-state index contributed by atoms with van der Waals surface area (Å²) in [5.74, 6) is 0.306. The van der Waals surface area contributed by atoms with Gasteiger partial charge in [0.1, 0.15) is 11.8 Å². The molecule has 2 amide bonds. The Morgan fingerprint density at radius 2 is 1.45 bits per heavy atom. The quantitative estimate of drug-likeness (QED) is 0.607. The first-order chi connectivity index (χ1) is 16.1. The minimum Gasteiger partial charge on any atom is -0.497 e. The average molecular weight is 444 g/mol. The lowest BCUT2D eigenvalue weighted by atomic mass is 10.0. The summed E-state index contributed by atoms with van der Waals surface area (Å²) in [6.45, 7) is 3.74. The first kappa shape index (κ1) is 22.6. The summed E-state index contributed by atoms with van der Waals surface area (Å²) in [6.07, 6.45) is 0. The number of hydrogen-bond donors (Lipinski definition) is 1. The minimum absolute atomic E-state index is 0.0811. The van der Waals surface area contributed by atoms with Gasteiger partial charge in [-0.2, -0.15) is 0 Å². The van der Waals surface area contributed by atoms with Gasteiger partial charge in [-0.25, -0.2) is 0 Å². The second-order valence-electron chi connectivity index (χ2n) is 8.13. The molecule has 0 aliphatic carbocycles. The van der Waals surface area contributed by atoms with Gasteiger partial charge in [0.25, 0.3) is 5.91 Å². The fraction of sp³-hybridized carbons (Fsp3) is 0.259. The number of nitrogens with zero attached hydrogens (tertiary/aromatic N) is 2. The molecular weight excluding hydrogens is 414 g/mol. The molecule has 1 fully saturated rings. The van der Waals surface area contributed by atoms with Gasteiger partial charge in [-0.3, -0.25) is 14.5 Å². The summed E-state index contributed by atoms with van der Waals surface area (Å²) in [5, 5.41) is 2.95. The van der Waals surface area contributed by atoms with Crippen molar-refractivity contribution in [3.63, 3.8) is 0 Å². The summed E-state index contributed by atoms with van der Waals surface area (Å²) in [4.78, 5) is 30.7. The highest BCUT2D eigenvalue weighted by Crippen LogP contribution is 2.19. The van der Waals surface area contributed by atoms with Crippen LogP contribution in [0.3, 0.4) is 0 Å². The van der Waals surface area contributed by atoms with Crippen molar-refractivity contribution < 1.29 is 14.3 Å². The molecule has 6 nitrogen and oxygen atoms in total. The molecule has 4 rings (SSSR count). The van der Waals surface area contributed by atoms with Gasteiger partial charge in [0.05, 0.1) is 7.11 Å². The van der Waals surface area contributed by atoms with Crippen LogP contribution in [0.15, 0.2) is 84.9 Å². The Morgan fingerprint density at radius 1 is 0.848 bits per heavy atom. The van der Waals surface area contributed by atoms with Crippen molar-refractivity contribution in [1.82, 2.24) is 15.1 Å². The molecule has 0 saturated carbocycles. The van der Waals surface area contributed by atoms with Gasteiger partial charge in [-0.15, -0.1) is 0 Å². The predicted molar refractivity (Wildman–Crippen MR) is 128 cm³/mol. The fourth-order valence-electron chi connectivity index (χ4n) is 4.04. The molecule has 0 aromatic heterocycles. The lowest BCUT2D eigenvalue weighted by molar-refractivity contribution is -0.135. The van der Waals surface area contributed by atoms with Crippen LogP contribution in [0.1, 0.15) is 27.5 Å². The van der Waals surface area contributed by atoms with Gasteiger partial charge in [0.2, 0.25) is 5.91 Å². The maximum absolute atomic E-state index is 13.5. The van der Waals surface area contributed by atoms with E-state index in [4.69, 9.17) is 4.74 Å². The van der Waals surface area contributed by atoms with Crippen LogP contribution in [-0.4, -0.2) is 54.9 Å². The Bertz CT molecular complexity index is 1050. The molecule has 3 aromatic carbocycles. The summed E-state index contributed by atoms with van der Waals surface area (Å²) in [5.41, 5.74) is 2.53. The number of methoxy groups -OCH3 is 1. The Labute approximate surface area is 194 Å². The topological polar surface area (TPSA) is 61.9 Å². The highest BCUT2D eigenvalue weighted by Gasteiger charge is 2.30. The second kappa shape index (κ2) is 10.8. The van der Waals surface area contributed by atoms with E-state index in [9.17, 15) is 9.59 Å². The van der Waals surface area contributed by atoms with Crippen molar-refractivity contribution in [2.75, 3.05) is 33.3 Å². The van der Waals surface area contributed by atoms with Crippen LogP contribution in [0.4, 0.5) is 0 Å². The zero-order valence-electron chi connectivity index (χ0n) is 18.8. The van der Waals surface area contributed by atoms with Crippen LogP contribution < -0.4 is 10.1 Å². The summed E-state index contributed by atoms with van der Waals surface area (Å²) in [7, 11) is 1.58. The van der Waals surface area contributed by atoms with Crippen molar-refractivity contribution in [3.8, 4) is 5.75 Å². The van der Waals surface area contributed by atoms with E-state index in [0.717, 1.165) is 25.2 Å². The van der Waals surface area contributed by atoms with E-state index in [1.165, 1.54) is 5.56 Å². The monoisotopic (exact) mass is 443 g/mol. The molecule has 33 heavy (non-hydrogen) atoms. The molecule has 0 spiro atoms. The van der Waals surface area contributed by atoms with Crippen LogP contribution in [0.2, 0.25) is 0 Å². The zero-order chi connectivity index (χ0) is 23.0. The summed E-state index contributed by atoms with van der Waals surface area (Å²) in [6, 6.07) is 25.9. The minimum atomic E-state index is -0.735. The van der Waals surface area contributed by atoms with Crippen molar-refractivity contribution in [2.45, 2.75) is 12.6 Å². The van der Waals surface area contributed by atoms with Crippen molar-refractivity contribution in [3.05, 3.63) is 102 Å². The molecule has 6 heteroatoms. The second-order valence-corrected chi connectivity index (χ2v) is 8.13. The smallest absolute Gasteiger partial charge is 0.252 e. The van der Waals surface area contributed by atoms with Crippen LogP contribution in [0, 0.1) is 0 Å². The highest BCUT2D eigenvalue weighted by molar-refractivity contribution is 5.98. The average Bonchev–Trinajstić information content (AvgIpc) is 2.88. The molecule has 170 valence electrons. The number of hydrogen-bond acceptors (Lipinski definition) is 4. The molecule has 3 aromatic rings. The van der Waals surface area contributed by atoms with E-state index >= 15 is 0 Å². The molecule has 1 saturated heterocycles. The van der Waals surface area contributed by atoms with Crippen LogP contribution in [0.25, 0.3) is 0 Å². The number of piperazine rings is 1. The number of rotatable bonds is 7. The van der Waals surface area contributed by atoms with Gasteiger partial charge in [0.15, 0.2) is 0 Å². The molecule has 1 aliphatic heterocycles. The number of benzene rings is 3.